The molecule has 0 saturated carbocycles. The first-order valence-electron chi connectivity index (χ1n) is 4.96. The average Bonchev–Trinajstić information content (AvgIpc) is 2.33. The van der Waals surface area contributed by atoms with Crippen LogP contribution in [0.2, 0.25) is 0 Å². The van der Waals surface area contributed by atoms with Crippen LogP contribution in [0.3, 0.4) is 0 Å². The van der Waals surface area contributed by atoms with Gasteiger partial charge in [-0.15, -0.1) is 0 Å². The third kappa shape index (κ3) is 2.59. The van der Waals surface area contributed by atoms with Gasteiger partial charge in [-0.2, -0.15) is 39.5 Å². The van der Waals surface area contributed by atoms with Crippen LogP contribution in [0.25, 0.3) is 0 Å². The summed E-state index contributed by atoms with van der Waals surface area (Å²) in [6.45, 7) is 0. The SMILES string of the molecule is Fc1[c]c(F)c(C(F)(F)C(F)(F)C(F)(F)C(F)(F)F)c(F)c1F. The maximum Gasteiger partial charge on any atom is 0.460 e. The van der Waals surface area contributed by atoms with E-state index in [1.54, 1.807) is 0 Å². The number of rotatable bonds is 3. The van der Waals surface area contributed by atoms with Gasteiger partial charge in [-0.25, -0.2) is 17.6 Å². The van der Waals surface area contributed by atoms with E-state index in [4.69, 9.17) is 0 Å². The zero-order valence-electron chi connectivity index (χ0n) is 9.91. The van der Waals surface area contributed by atoms with E-state index in [1.807, 2.05) is 0 Å². The molecule has 0 atom stereocenters. The van der Waals surface area contributed by atoms with Gasteiger partial charge in [0.2, 0.25) is 0 Å². The predicted molar refractivity (Wildman–Crippen MR) is 45.0 cm³/mol. The third-order valence-corrected chi connectivity index (χ3v) is 2.50. The fourth-order valence-corrected chi connectivity index (χ4v) is 1.32. The molecule has 0 saturated heterocycles. The van der Waals surface area contributed by atoms with Crippen molar-refractivity contribution in [1.29, 1.82) is 0 Å². The van der Waals surface area contributed by atoms with Crippen molar-refractivity contribution >= 4 is 0 Å². The standard InChI is InChI=1S/C10F13/c11-2-1-3(12)5(13)6(14)4(2)7(15,16)8(17,18)9(19,20)10(21,22)23. The molecule has 0 aliphatic carbocycles. The van der Waals surface area contributed by atoms with E-state index >= 15 is 0 Å². The maximum atomic E-state index is 13.3. The van der Waals surface area contributed by atoms with Crippen molar-refractivity contribution in [2.24, 2.45) is 0 Å². The van der Waals surface area contributed by atoms with Crippen molar-refractivity contribution in [3.05, 3.63) is 34.9 Å². The Morgan fingerprint density at radius 2 is 1.00 bits per heavy atom. The Morgan fingerprint density at radius 3 is 1.39 bits per heavy atom. The van der Waals surface area contributed by atoms with Crippen molar-refractivity contribution in [2.75, 3.05) is 0 Å². The molecule has 0 aliphatic heterocycles. The Balaban J connectivity index is 3.69. The van der Waals surface area contributed by atoms with Gasteiger partial charge in [-0.3, -0.25) is 0 Å². The molecule has 0 aromatic heterocycles. The van der Waals surface area contributed by atoms with Crippen LogP contribution in [0, 0.1) is 29.3 Å². The van der Waals surface area contributed by atoms with E-state index in [2.05, 4.69) is 0 Å². The van der Waals surface area contributed by atoms with Crippen molar-refractivity contribution in [3.63, 3.8) is 0 Å². The van der Waals surface area contributed by atoms with Gasteiger partial charge in [-0.05, 0) is 0 Å². The van der Waals surface area contributed by atoms with Crippen LogP contribution in [0.15, 0.2) is 0 Å². The number of benzene rings is 1. The summed E-state index contributed by atoms with van der Waals surface area (Å²) in [7, 11) is 0. The lowest BCUT2D eigenvalue weighted by Crippen LogP contribution is -2.60. The number of halogens is 13. The molecule has 0 spiro atoms. The van der Waals surface area contributed by atoms with Crippen molar-refractivity contribution < 1.29 is 57.1 Å². The maximum absolute atomic E-state index is 13.3. The van der Waals surface area contributed by atoms with E-state index < -0.39 is 52.8 Å². The fraction of sp³-hybridized carbons (Fsp3) is 0.400. The lowest BCUT2D eigenvalue weighted by molar-refractivity contribution is -0.400. The molecule has 131 valence electrons. The third-order valence-electron chi connectivity index (χ3n) is 2.50. The first-order valence-corrected chi connectivity index (χ1v) is 4.96. The van der Waals surface area contributed by atoms with E-state index in [0.29, 0.717) is 6.07 Å². The number of hydrogen-bond donors (Lipinski definition) is 0. The summed E-state index contributed by atoms with van der Waals surface area (Å²) >= 11 is 0. The van der Waals surface area contributed by atoms with Crippen molar-refractivity contribution in [3.8, 4) is 0 Å². The normalized spacial score (nSPS) is 14.3. The molecule has 0 heterocycles. The first-order chi connectivity index (χ1) is 10.00. The second kappa shape index (κ2) is 5.16. The average molecular weight is 367 g/mol. The van der Waals surface area contributed by atoms with Gasteiger partial charge >= 0.3 is 23.9 Å². The minimum absolute atomic E-state index is 0.328. The Kier molecular flexibility index (Phi) is 4.34. The molecule has 0 bridgehead atoms. The molecule has 13 heteroatoms. The van der Waals surface area contributed by atoms with Gasteiger partial charge in [0.25, 0.3) is 0 Å². The lowest BCUT2D eigenvalue weighted by Gasteiger charge is -2.33. The second-order valence-corrected chi connectivity index (χ2v) is 3.98. The summed E-state index contributed by atoms with van der Waals surface area (Å²) in [6.07, 6.45) is -7.24. The molecule has 0 unspecified atom stereocenters. The molecule has 1 radical (unpaired) electrons. The molecule has 0 N–H and O–H groups in total. The van der Waals surface area contributed by atoms with Gasteiger partial charge in [-0.1, -0.05) is 0 Å². The largest absolute Gasteiger partial charge is 0.460 e. The van der Waals surface area contributed by atoms with Crippen molar-refractivity contribution in [2.45, 2.75) is 23.9 Å². The molecule has 1 rings (SSSR count). The van der Waals surface area contributed by atoms with Gasteiger partial charge < -0.3 is 0 Å². The van der Waals surface area contributed by atoms with Crippen LogP contribution in [0.4, 0.5) is 57.1 Å². The molecule has 0 fully saturated rings. The molecular formula is C10F13. The molecule has 1 aromatic carbocycles. The first kappa shape index (κ1) is 19.4. The molecule has 23 heavy (non-hydrogen) atoms. The minimum Gasteiger partial charge on any atom is -0.206 e. The van der Waals surface area contributed by atoms with Crippen LogP contribution >= 0.6 is 0 Å². The predicted octanol–water partition coefficient (Wildman–Crippen LogP) is 4.97. The van der Waals surface area contributed by atoms with Gasteiger partial charge in [0.05, 0.1) is 6.07 Å². The van der Waals surface area contributed by atoms with E-state index in [9.17, 15) is 57.1 Å². The monoisotopic (exact) mass is 367 g/mol. The van der Waals surface area contributed by atoms with Crippen LogP contribution < -0.4 is 0 Å². The Hall–Kier alpha value is -1.69. The highest BCUT2D eigenvalue weighted by atomic mass is 19.4. The Labute approximate surface area is 117 Å². The molecule has 1 aromatic rings. The highest BCUT2D eigenvalue weighted by Crippen LogP contribution is 2.57. The van der Waals surface area contributed by atoms with Gasteiger partial charge in [0.15, 0.2) is 17.5 Å². The van der Waals surface area contributed by atoms with Gasteiger partial charge in [0, 0.05) is 0 Å². The molecular weight excluding hydrogens is 367 g/mol. The Morgan fingerprint density at radius 1 is 0.565 bits per heavy atom. The Bertz CT molecular complexity index is 612. The van der Waals surface area contributed by atoms with Gasteiger partial charge in [0.1, 0.15) is 11.4 Å². The number of hydrogen-bond acceptors (Lipinski definition) is 0. The summed E-state index contributed by atoms with van der Waals surface area (Å²) in [5, 5.41) is 0. The summed E-state index contributed by atoms with van der Waals surface area (Å²) in [6, 6.07) is 0.328. The topological polar surface area (TPSA) is 0 Å². The summed E-state index contributed by atoms with van der Waals surface area (Å²) in [5.41, 5.74) is -3.52. The van der Waals surface area contributed by atoms with Crippen LogP contribution in [0.1, 0.15) is 5.56 Å². The molecule has 0 aliphatic rings. The van der Waals surface area contributed by atoms with E-state index in [0.717, 1.165) is 0 Å². The molecule has 0 amide bonds. The van der Waals surface area contributed by atoms with Crippen LogP contribution in [-0.2, 0) is 5.92 Å². The zero-order valence-corrected chi connectivity index (χ0v) is 9.91. The quantitative estimate of drug-likeness (QED) is 0.402. The smallest absolute Gasteiger partial charge is 0.206 e. The number of alkyl halides is 9. The summed E-state index contributed by atoms with van der Waals surface area (Å²) in [4.78, 5) is 0. The van der Waals surface area contributed by atoms with E-state index in [1.165, 1.54) is 0 Å². The highest BCUT2D eigenvalue weighted by Gasteiger charge is 2.82. The second-order valence-electron chi connectivity index (χ2n) is 3.98. The van der Waals surface area contributed by atoms with Crippen LogP contribution in [0.5, 0.6) is 0 Å². The summed E-state index contributed by atoms with van der Waals surface area (Å²) < 4.78 is 164. The lowest BCUT2D eigenvalue weighted by atomic mass is 9.95. The highest BCUT2D eigenvalue weighted by molar-refractivity contribution is 5.29. The van der Waals surface area contributed by atoms with E-state index in [-0.39, 0.29) is 0 Å². The van der Waals surface area contributed by atoms with Crippen molar-refractivity contribution in [1.82, 2.24) is 0 Å². The molecule has 0 nitrogen and oxygen atoms in total. The fourth-order valence-electron chi connectivity index (χ4n) is 1.32. The zero-order chi connectivity index (χ0) is 18.6. The summed E-state index contributed by atoms with van der Waals surface area (Å²) in [5.74, 6) is -33.9. The minimum atomic E-state index is -7.45. The van der Waals surface area contributed by atoms with Crippen LogP contribution in [-0.4, -0.2) is 18.0 Å².